The number of amides is 1. The third-order valence-electron chi connectivity index (χ3n) is 3.48. The smallest absolute Gasteiger partial charge is 0.269 e. The Morgan fingerprint density at radius 2 is 1.96 bits per heavy atom. The lowest BCUT2D eigenvalue weighted by atomic mass is 10.2. The normalized spacial score (nSPS) is 10.6. The second kappa shape index (κ2) is 10.2. The first-order valence-electron chi connectivity index (χ1n) is 7.88. The predicted molar refractivity (Wildman–Crippen MR) is 105 cm³/mol. The van der Waals surface area contributed by atoms with E-state index in [2.05, 4.69) is 10.5 Å². The van der Waals surface area contributed by atoms with Gasteiger partial charge in [-0.25, -0.2) is 5.43 Å². The first kappa shape index (κ1) is 20.2. The molecule has 0 atom stereocenters. The molecule has 0 unspecified atom stereocenters. The van der Waals surface area contributed by atoms with E-state index in [1.54, 1.807) is 44.6 Å². The third kappa shape index (κ3) is 6.30. The van der Waals surface area contributed by atoms with Gasteiger partial charge in [-0.15, -0.1) is 11.8 Å². The Kier molecular flexibility index (Phi) is 7.63. The number of methoxy groups -OCH3 is 2. The van der Waals surface area contributed by atoms with Crippen LogP contribution in [0.15, 0.2) is 47.6 Å². The maximum absolute atomic E-state index is 11.8. The number of rotatable bonds is 9. The van der Waals surface area contributed by atoms with Gasteiger partial charge >= 0.3 is 0 Å². The quantitative estimate of drug-likeness (QED) is 0.402. The molecule has 2 aromatic rings. The number of hydrogen-bond donors (Lipinski definition) is 1. The number of thioether (sulfide) groups is 1. The molecule has 0 aliphatic carbocycles. The number of ether oxygens (including phenoxy) is 2. The van der Waals surface area contributed by atoms with Crippen molar-refractivity contribution in [2.45, 2.75) is 5.75 Å². The molecule has 9 heteroatoms. The lowest BCUT2D eigenvalue weighted by molar-refractivity contribution is -0.384. The highest BCUT2D eigenvalue weighted by Crippen LogP contribution is 2.23. The molecular weight excluding hydrogens is 370 g/mol. The summed E-state index contributed by atoms with van der Waals surface area (Å²) in [6, 6.07) is 11.5. The molecule has 2 aromatic carbocycles. The number of hydrogen-bond acceptors (Lipinski definition) is 7. The molecule has 0 saturated carbocycles. The second-order valence-corrected chi connectivity index (χ2v) is 6.30. The van der Waals surface area contributed by atoms with E-state index in [0.29, 0.717) is 22.8 Å². The van der Waals surface area contributed by atoms with Crippen LogP contribution in [0.1, 0.15) is 11.1 Å². The number of non-ortho nitro benzene ring substituents is 1. The number of nitrogens with zero attached hydrogens (tertiary/aromatic N) is 2. The van der Waals surface area contributed by atoms with Gasteiger partial charge in [-0.3, -0.25) is 14.9 Å². The number of carbonyl (C=O) groups excluding carboxylic acids is 1. The SMILES string of the molecule is COc1ccc(C=NNC(=O)CSCc2ccc([N+](=O)[O-])cc2)c(OC)c1. The van der Waals surface area contributed by atoms with Crippen LogP contribution >= 0.6 is 11.8 Å². The van der Waals surface area contributed by atoms with E-state index in [9.17, 15) is 14.9 Å². The highest BCUT2D eigenvalue weighted by molar-refractivity contribution is 7.99. The minimum absolute atomic E-state index is 0.0461. The summed E-state index contributed by atoms with van der Waals surface area (Å²) in [5.41, 5.74) is 4.11. The van der Waals surface area contributed by atoms with E-state index in [0.717, 1.165) is 5.56 Å². The Morgan fingerprint density at radius 1 is 1.22 bits per heavy atom. The van der Waals surface area contributed by atoms with Crippen molar-refractivity contribution < 1.29 is 19.2 Å². The van der Waals surface area contributed by atoms with Gasteiger partial charge in [0.1, 0.15) is 11.5 Å². The minimum atomic E-state index is -0.444. The summed E-state index contributed by atoms with van der Waals surface area (Å²) in [6.45, 7) is 0. The van der Waals surface area contributed by atoms with E-state index in [1.807, 2.05) is 0 Å². The fraction of sp³-hybridized carbons (Fsp3) is 0.222. The first-order valence-corrected chi connectivity index (χ1v) is 9.04. The Bertz CT molecular complexity index is 824. The number of carbonyl (C=O) groups is 1. The van der Waals surface area contributed by atoms with E-state index in [-0.39, 0.29) is 17.3 Å². The maximum atomic E-state index is 11.8. The molecule has 0 aromatic heterocycles. The highest BCUT2D eigenvalue weighted by atomic mass is 32.2. The molecule has 0 aliphatic rings. The molecule has 1 N–H and O–H groups in total. The summed E-state index contributed by atoms with van der Waals surface area (Å²) in [4.78, 5) is 22.0. The van der Waals surface area contributed by atoms with Crippen molar-refractivity contribution in [2.75, 3.05) is 20.0 Å². The molecule has 0 aliphatic heterocycles. The van der Waals surface area contributed by atoms with Crippen LogP contribution in [0, 0.1) is 10.1 Å². The van der Waals surface area contributed by atoms with Crippen LogP contribution in [0.2, 0.25) is 0 Å². The fourth-order valence-electron chi connectivity index (χ4n) is 2.11. The molecule has 1 amide bonds. The minimum Gasteiger partial charge on any atom is -0.497 e. The van der Waals surface area contributed by atoms with Crippen molar-refractivity contribution in [3.63, 3.8) is 0 Å². The molecule has 0 saturated heterocycles. The molecule has 0 radical (unpaired) electrons. The molecule has 27 heavy (non-hydrogen) atoms. The van der Waals surface area contributed by atoms with E-state index < -0.39 is 4.92 Å². The van der Waals surface area contributed by atoms with Crippen LogP contribution in [-0.2, 0) is 10.5 Å². The summed E-state index contributed by atoms with van der Waals surface area (Å²) >= 11 is 1.39. The highest BCUT2D eigenvalue weighted by Gasteiger charge is 2.06. The molecule has 142 valence electrons. The Hall–Kier alpha value is -3.07. The molecule has 0 bridgehead atoms. The fourth-order valence-corrected chi connectivity index (χ4v) is 2.89. The largest absolute Gasteiger partial charge is 0.497 e. The van der Waals surface area contributed by atoms with Gasteiger partial charge in [0, 0.05) is 29.5 Å². The van der Waals surface area contributed by atoms with Crippen LogP contribution in [0.4, 0.5) is 5.69 Å². The number of nitrogens with one attached hydrogen (secondary N) is 1. The summed E-state index contributed by atoms with van der Waals surface area (Å²) in [5.74, 6) is 1.79. The molecule has 8 nitrogen and oxygen atoms in total. The van der Waals surface area contributed by atoms with Crippen molar-refractivity contribution >= 4 is 29.6 Å². The monoisotopic (exact) mass is 389 g/mol. The Balaban J connectivity index is 1.79. The average molecular weight is 389 g/mol. The van der Waals surface area contributed by atoms with Gasteiger partial charge in [0.05, 0.1) is 31.1 Å². The number of nitro groups is 1. The molecule has 0 fully saturated rings. The van der Waals surface area contributed by atoms with Gasteiger partial charge in [-0.1, -0.05) is 12.1 Å². The summed E-state index contributed by atoms with van der Waals surface area (Å²) in [5, 5.41) is 14.5. The van der Waals surface area contributed by atoms with Crippen molar-refractivity contribution in [3.8, 4) is 11.5 Å². The number of nitro benzene ring substituents is 1. The van der Waals surface area contributed by atoms with Crippen molar-refractivity contribution in [1.29, 1.82) is 0 Å². The summed E-state index contributed by atoms with van der Waals surface area (Å²) in [6.07, 6.45) is 1.50. The van der Waals surface area contributed by atoms with Crippen LogP contribution < -0.4 is 14.9 Å². The Labute approximate surface area is 160 Å². The first-order chi connectivity index (χ1) is 13.0. The molecule has 2 rings (SSSR count). The Morgan fingerprint density at radius 3 is 2.59 bits per heavy atom. The van der Waals surface area contributed by atoms with Crippen molar-refractivity contribution in [2.24, 2.45) is 5.10 Å². The second-order valence-electron chi connectivity index (χ2n) is 5.32. The zero-order valence-corrected chi connectivity index (χ0v) is 15.7. The van der Waals surface area contributed by atoms with Gasteiger partial charge < -0.3 is 9.47 Å². The third-order valence-corrected chi connectivity index (χ3v) is 4.49. The lowest BCUT2D eigenvalue weighted by Gasteiger charge is -2.07. The molecule has 0 heterocycles. The summed E-state index contributed by atoms with van der Waals surface area (Å²) < 4.78 is 10.4. The standard InChI is InChI=1S/C18H19N3O5S/c1-25-16-8-5-14(17(9-16)26-2)10-19-20-18(22)12-27-11-13-3-6-15(7-4-13)21(23)24/h3-10H,11-12H2,1-2H3,(H,20,22). The van der Waals surface area contributed by atoms with E-state index in [4.69, 9.17) is 9.47 Å². The predicted octanol–water partition coefficient (Wildman–Crippen LogP) is 3.00. The lowest BCUT2D eigenvalue weighted by Crippen LogP contribution is -2.19. The maximum Gasteiger partial charge on any atom is 0.269 e. The van der Waals surface area contributed by atoms with Crippen molar-refractivity contribution in [3.05, 3.63) is 63.7 Å². The van der Waals surface area contributed by atoms with Gasteiger partial charge in [-0.2, -0.15) is 5.10 Å². The van der Waals surface area contributed by atoms with E-state index >= 15 is 0 Å². The number of benzene rings is 2. The van der Waals surface area contributed by atoms with Crippen LogP contribution in [-0.4, -0.2) is 37.0 Å². The van der Waals surface area contributed by atoms with Crippen LogP contribution in [0.5, 0.6) is 11.5 Å². The van der Waals surface area contributed by atoms with Crippen LogP contribution in [0.25, 0.3) is 0 Å². The van der Waals surface area contributed by atoms with Gasteiger partial charge in [0.15, 0.2) is 0 Å². The van der Waals surface area contributed by atoms with Crippen molar-refractivity contribution in [1.82, 2.24) is 5.43 Å². The zero-order chi connectivity index (χ0) is 19.6. The molecular formula is C18H19N3O5S. The van der Waals surface area contributed by atoms with Gasteiger partial charge in [-0.05, 0) is 17.7 Å². The van der Waals surface area contributed by atoms with Crippen LogP contribution in [0.3, 0.4) is 0 Å². The van der Waals surface area contributed by atoms with Gasteiger partial charge in [0.2, 0.25) is 5.91 Å². The average Bonchev–Trinajstić information content (AvgIpc) is 2.68. The summed E-state index contributed by atoms with van der Waals surface area (Å²) in [7, 11) is 3.11. The number of hydrazone groups is 1. The van der Waals surface area contributed by atoms with E-state index in [1.165, 1.54) is 30.1 Å². The van der Waals surface area contributed by atoms with Gasteiger partial charge in [0.25, 0.3) is 5.69 Å². The zero-order valence-electron chi connectivity index (χ0n) is 14.9. The molecule has 0 spiro atoms. The topological polar surface area (TPSA) is 103 Å².